The van der Waals surface area contributed by atoms with E-state index in [0.717, 1.165) is 0 Å². The predicted octanol–water partition coefficient (Wildman–Crippen LogP) is 3.40. The third-order valence-corrected chi connectivity index (χ3v) is 4.77. The first-order valence-corrected chi connectivity index (χ1v) is 6.03. The minimum Gasteiger partial charge on any atom is -0.321 e. The molecule has 0 amide bonds. The maximum Gasteiger partial charge on any atom is 0.0444 e. The Kier molecular flexibility index (Phi) is 2.80. The Hall–Kier alpha value is -0.530. The number of fused-ring (bicyclic) bond motifs is 1. The van der Waals surface area contributed by atoms with E-state index in [9.17, 15) is 0 Å². The third-order valence-electron chi connectivity index (χ3n) is 4.77. The molecule has 1 fully saturated rings. The molecule has 2 aliphatic rings. The lowest BCUT2D eigenvalue weighted by Gasteiger charge is -2.38. The van der Waals surface area contributed by atoms with Gasteiger partial charge >= 0.3 is 0 Å². The van der Waals surface area contributed by atoms with Gasteiger partial charge in [-0.3, -0.25) is 0 Å². The van der Waals surface area contributed by atoms with E-state index in [1.807, 2.05) is 0 Å². The van der Waals surface area contributed by atoms with Gasteiger partial charge in [0, 0.05) is 5.54 Å². The minimum atomic E-state index is -0.0971. The summed E-state index contributed by atoms with van der Waals surface area (Å²) in [5, 5.41) is 0. The molecule has 1 atom stereocenters. The van der Waals surface area contributed by atoms with Crippen molar-refractivity contribution in [1.82, 2.24) is 0 Å². The highest BCUT2D eigenvalue weighted by Crippen LogP contribution is 2.57. The molecular formula is C14H20ClN. The molecule has 16 heavy (non-hydrogen) atoms. The molecule has 1 spiro atoms. The van der Waals surface area contributed by atoms with Crippen molar-refractivity contribution in [3.8, 4) is 0 Å². The molecule has 0 heterocycles. The van der Waals surface area contributed by atoms with E-state index in [4.69, 9.17) is 5.73 Å². The van der Waals surface area contributed by atoms with Crippen LogP contribution >= 0.6 is 12.4 Å². The molecule has 3 rings (SSSR count). The Bertz CT molecular complexity index is 391. The van der Waals surface area contributed by atoms with Gasteiger partial charge in [-0.15, -0.1) is 12.4 Å². The Morgan fingerprint density at radius 2 is 1.75 bits per heavy atom. The van der Waals surface area contributed by atoms with Crippen molar-refractivity contribution in [3.05, 3.63) is 35.4 Å². The quantitative estimate of drug-likeness (QED) is 0.736. The van der Waals surface area contributed by atoms with Crippen LogP contribution in [0.5, 0.6) is 0 Å². The van der Waals surface area contributed by atoms with Gasteiger partial charge in [-0.05, 0) is 42.7 Å². The number of hydrogen-bond donors (Lipinski definition) is 1. The number of rotatable bonds is 0. The molecule has 0 aliphatic heterocycles. The van der Waals surface area contributed by atoms with Crippen LogP contribution in [0.15, 0.2) is 24.3 Å². The summed E-state index contributed by atoms with van der Waals surface area (Å²) in [7, 11) is 0. The smallest absolute Gasteiger partial charge is 0.0444 e. The molecule has 2 aliphatic carbocycles. The second-order valence-corrected chi connectivity index (χ2v) is 5.52. The molecular weight excluding hydrogens is 218 g/mol. The zero-order valence-corrected chi connectivity index (χ0v) is 10.6. The Morgan fingerprint density at radius 1 is 1.12 bits per heavy atom. The highest BCUT2D eigenvalue weighted by atomic mass is 35.5. The van der Waals surface area contributed by atoms with Crippen LogP contribution < -0.4 is 5.73 Å². The summed E-state index contributed by atoms with van der Waals surface area (Å²) in [6, 6.07) is 8.75. The molecule has 0 bridgehead atoms. The lowest BCUT2D eigenvalue weighted by atomic mass is 9.70. The molecule has 2 heteroatoms. The fraction of sp³-hybridized carbons (Fsp3) is 0.571. The van der Waals surface area contributed by atoms with Gasteiger partial charge in [0.2, 0.25) is 0 Å². The predicted molar refractivity (Wildman–Crippen MR) is 69.8 cm³/mol. The van der Waals surface area contributed by atoms with Crippen molar-refractivity contribution < 1.29 is 0 Å². The molecule has 0 saturated heterocycles. The van der Waals surface area contributed by atoms with E-state index in [1.165, 1.54) is 43.2 Å². The van der Waals surface area contributed by atoms with E-state index in [-0.39, 0.29) is 17.9 Å². The van der Waals surface area contributed by atoms with E-state index in [2.05, 4.69) is 31.2 Å². The van der Waals surface area contributed by atoms with Gasteiger partial charge in [-0.2, -0.15) is 0 Å². The molecule has 2 N–H and O–H groups in total. The summed E-state index contributed by atoms with van der Waals surface area (Å²) < 4.78 is 0. The molecule has 1 aromatic carbocycles. The molecule has 0 aromatic heterocycles. The monoisotopic (exact) mass is 237 g/mol. The third kappa shape index (κ3) is 1.34. The fourth-order valence-corrected chi connectivity index (χ4v) is 3.76. The number of benzene rings is 1. The van der Waals surface area contributed by atoms with Crippen LogP contribution in [0, 0.1) is 5.41 Å². The first kappa shape index (κ1) is 11.9. The van der Waals surface area contributed by atoms with Crippen molar-refractivity contribution >= 4 is 12.4 Å². The molecule has 0 radical (unpaired) electrons. The van der Waals surface area contributed by atoms with Crippen molar-refractivity contribution in [2.45, 2.75) is 44.6 Å². The SMILES string of the molecule is CC1(N)c2ccccc2CC12CCCC2.Cl. The van der Waals surface area contributed by atoms with E-state index >= 15 is 0 Å². The zero-order chi connectivity index (χ0) is 10.5. The van der Waals surface area contributed by atoms with Crippen molar-refractivity contribution in [1.29, 1.82) is 0 Å². The van der Waals surface area contributed by atoms with Gasteiger partial charge in [-0.25, -0.2) is 0 Å². The molecule has 1 nitrogen and oxygen atoms in total. The average Bonchev–Trinajstić information content (AvgIpc) is 2.75. The first-order chi connectivity index (χ1) is 7.16. The van der Waals surface area contributed by atoms with Gasteiger partial charge in [0.05, 0.1) is 0 Å². The molecule has 1 aromatic rings. The van der Waals surface area contributed by atoms with Crippen molar-refractivity contribution in [2.75, 3.05) is 0 Å². The average molecular weight is 238 g/mol. The second-order valence-electron chi connectivity index (χ2n) is 5.52. The lowest BCUT2D eigenvalue weighted by Crippen LogP contribution is -2.46. The maximum atomic E-state index is 6.63. The Balaban J connectivity index is 0.000000963. The molecule has 88 valence electrons. The van der Waals surface area contributed by atoms with Crippen LogP contribution in [-0.4, -0.2) is 0 Å². The van der Waals surface area contributed by atoms with Gasteiger partial charge in [0.1, 0.15) is 0 Å². The fourth-order valence-electron chi connectivity index (χ4n) is 3.76. The van der Waals surface area contributed by atoms with E-state index < -0.39 is 0 Å². The summed E-state index contributed by atoms with van der Waals surface area (Å²) in [4.78, 5) is 0. The standard InChI is InChI=1S/C14H19N.ClH/c1-13(15)12-7-3-2-6-11(12)10-14(13)8-4-5-9-14;/h2-3,6-7H,4-5,8-10,15H2,1H3;1H. The summed E-state index contributed by atoms with van der Waals surface area (Å²) in [6.07, 6.45) is 6.56. The lowest BCUT2D eigenvalue weighted by molar-refractivity contribution is 0.165. The summed E-state index contributed by atoms with van der Waals surface area (Å²) in [5.74, 6) is 0. The van der Waals surface area contributed by atoms with Crippen LogP contribution in [0.1, 0.15) is 43.7 Å². The highest BCUT2D eigenvalue weighted by Gasteiger charge is 2.53. The highest BCUT2D eigenvalue weighted by molar-refractivity contribution is 5.85. The van der Waals surface area contributed by atoms with Crippen molar-refractivity contribution in [2.24, 2.45) is 11.1 Å². The maximum absolute atomic E-state index is 6.63. The Morgan fingerprint density at radius 3 is 2.38 bits per heavy atom. The Labute approximate surface area is 104 Å². The van der Waals surface area contributed by atoms with E-state index in [1.54, 1.807) is 0 Å². The largest absolute Gasteiger partial charge is 0.321 e. The van der Waals surface area contributed by atoms with Crippen LogP contribution in [-0.2, 0) is 12.0 Å². The molecule has 1 saturated carbocycles. The summed E-state index contributed by atoms with van der Waals surface area (Å²) in [6.45, 7) is 2.24. The van der Waals surface area contributed by atoms with Crippen molar-refractivity contribution in [3.63, 3.8) is 0 Å². The van der Waals surface area contributed by atoms with Gasteiger partial charge in [0.15, 0.2) is 0 Å². The number of nitrogens with two attached hydrogens (primary N) is 1. The number of hydrogen-bond acceptors (Lipinski definition) is 1. The van der Waals surface area contributed by atoms with Gasteiger partial charge in [-0.1, -0.05) is 37.1 Å². The normalized spacial score (nSPS) is 30.1. The summed E-state index contributed by atoms with van der Waals surface area (Å²) >= 11 is 0. The second kappa shape index (κ2) is 3.75. The first-order valence-electron chi connectivity index (χ1n) is 6.03. The van der Waals surface area contributed by atoms with Crippen LogP contribution in [0.4, 0.5) is 0 Å². The van der Waals surface area contributed by atoms with Crippen LogP contribution in [0.2, 0.25) is 0 Å². The van der Waals surface area contributed by atoms with Gasteiger partial charge in [0.25, 0.3) is 0 Å². The summed E-state index contributed by atoms with van der Waals surface area (Å²) in [5.41, 5.74) is 9.79. The van der Waals surface area contributed by atoms with Crippen LogP contribution in [0.3, 0.4) is 0 Å². The van der Waals surface area contributed by atoms with E-state index in [0.29, 0.717) is 5.41 Å². The topological polar surface area (TPSA) is 26.0 Å². The molecule has 1 unspecified atom stereocenters. The minimum absolute atomic E-state index is 0. The van der Waals surface area contributed by atoms with Crippen LogP contribution in [0.25, 0.3) is 0 Å². The zero-order valence-electron chi connectivity index (χ0n) is 9.83. The van der Waals surface area contributed by atoms with Gasteiger partial charge < -0.3 is 5.73 Å². The number of halogens is 1.